The summed E-state index contributed by atoms with van der Waals surface area (Å²) >= 11 is 0. The number of nitrogens with zero attached hydrogens (tertiary/aromatic N) is 1. The lowest BCUT2D eigenvalue weighted by atomic mass is 10.2. The third-order valence-electron chi connectivity index (χ3n) is 5.25. The van der Waals surface area contributed by atoms with E-state index in [2.05, 4.69) is 33.9 Å². The van der Waals surface area contributed by atoms with Crippen LogP contribution in [0.15, 0.2) is 30.3 Å². The first-order valence-electron chi connectivity index (χ1n) is 8.89. The average Bonchev–Trinajstić information content (AvgIpc) is 2.96. The largest absolute Gasteiger partial charge is 0.480 e. The van der Waals surface area contributed by atoms with Gasteiger partial charge >= 0.3 is 12.1 Å². The van der Waals surface area contributed by atoms with Crippen LogP contribution in [-0.2, 0) is 20.6 Å². The van der Waals surface area contributed by atoms with E-state index in [1.807, 2.05) is 30.3 Å². The lowest BCUT2D eigenvalue weighted by Gasteiger charge is -2.38. The van der Waals surface area contributed by atoms with Crippen molar-refractivity contribution in [3.05, 3.63) is 35.9 Å². The molecule has 0 bridgehead atoms. The van der Waals surface area contributed by atoms with E-state index in [-0.39, 0.29) is 24.3 Å². The highest BCUT2D eigenvalue weighted by molar-refractivity contribution is 6.74. The van der Waals surface area contributed by atoms with E-state index >= 15 is 0 Å². The Kier molecular flexibility index (Phi) is 6.13. The lowest BCUT2D eigenvalue weighted by Crippen LogP contribution is -2.45. The van der Waals surface area contributed by atoms with Crippen molar-refractivity contribution in [2.45, 2.75) is 64.1 Å². The predicted molar refractivity (Wildman–Crippen MR) is 101 cm³/mol. The standard InChI is InChI=1S/C19H29NO5Si/c1-19(2,3)26(4,5)25-15-11-16(17(21)22)20(12-15)18(23)24-13-14-9-7-6-8-10-14/h6-10,15-16H,11-13H2,1-5H3,(H,21,22). The molecule has 1 aromatic rings. The van der Waals surface area contributed by atoms with Crippen LogP contribution in [0.2, 0.25) is 18.1 Å². The molecule has 1 fully saturated rings. The van der Waals surface area contributed by atoms with E-state index in [1.165, 1.54) is 4.90 Å². The van der Waals surface area contributed by atoms with Gasteiger partial charge in [0.25, 0.3) is 0 Å². The molecule has 1 N–H and O–H groups in total. The van der Waals surface area contributed by atoms with Gasteiger partial charge in [-0.2, -0.15) is 0 Å². The molecule has 0 spiro atoms. The molecule has 1 aliphatic heterocycles. The van der Waals surface area contributed by atoms with E-state index in [0.29, 0.717) is 6.42 Å². The van der Waals surface area contributed by atoms with Crippen LogP contribution in [0.4, 0.5) is 4.79 Å². The molecule has 6 nitrogen and oxygen atoms in total. The zero-order valence-corrected chi connectivity index (χ0v) is 17.2. The smallest absolute Gasteiger partial charge is 0.410 e. The average molecular weight is 380 g/mol. The van der Waals surface area contributed by atoms with E-state index in [9.17, 15) is 14.7 Å². The van der Waals surface area contributed by atoms with E-state index in [4.69, 9.17) is 9.16 Å². The van der Waals surface area contributed by atoms with Crippen LogP contribution >= 0.6 is 0 Å². The van der Waals surface area contributed by atoms with Crippen molar-refractivity contribution >= 4 is 20.4 Å². The number of rotatable bonds is 5. The molecule has 1 saturated heterocycles. The molecule has 26 heavy (non-hydrogen) atoms. The van der Waals surface area contributed by atoms with Crippen molar-refractivity contribution in [3.63, 3.8) is 0 Å². The van der Waals surface area contributed by atoms with Gasteiger partial charge in [-0.15, -0.1) is 0 Å². The minimum atomic E-state index is -2.04. The second-order valence-electron chi connectivity index (χ2n) is 8.28. The summed E-state index contributed by atoms with van der Waals surface area (Å²) in [5.74, 6) is -1.03. The minimum absolute atomic E-state index is 0.0208. The summed E-state index contributed by atoms with van der Waals surface area (Å²) in [5.41, 5.74) is 0.862. The summed E-state index contributed by atoms with van der Waals surface area (Å²) in [7, 11) is -2.04. The van der Waals surface area contributed by atoms with Gasteiger partial charge in [-0.05, 0) is 23.7 Å². The number of aliphatic carboxylic acids is 1. The zero-order chi connectivity index (χ0) is 19.5. The Labute approximate surface area is 156 Å². The number of carboxylic acid groups (broad SMARTS) is 1. The van der Waals surface area contributed by atoms with Gasteiger partial charge in [0.05, 0.1) is 6.10 Å². The number of benzene rings is 1. The first-order chi connectivity index (χ1) is 12.0. The molecule has 144 valence electrons. The molecule has 1 heterocycles. The molecule has 2 rings (SSSR count). The van der Waals surface area contributed by atoms with Gasteiger partial charge in [0, 0.05) is 13.0 Å². The Bertz CT molecular complexity index is 641. The second kappa shape index (κ2) is 7.80. The first kappa shape index (κ1) is 20.4. The molecular formula is C19H29NO5Si. The van der Waals surface area contributed by atoms with Gasteiger partial charge in [0.15, 0.2) is 8.32 Å². The van der Waals surface area contributed by atoms with Crippen molar-refractivity contribution in [1.29, 1.82) is 0 Å². The fourth-order valence-corrected chi connectivity index (χ4v) is 4.07. The maximum atomic E-state index is 12.4. The van der Waals surface area contributed by atoms with Gasteiger partial charge in [0.1, 0.15) is 12.6 Å². The zero-order valence-electron chi connectivity index (χ0n) is 16.2. The van der Waals surface area contributed by atoms with Crippen LogP contribution in [0.25, 0.3) is 0 Å². The molecule has 2 unspecified atom stereocenters. The van der Waals surface area contributed by atoms with Crippen molar-refractivity contribution in [2.75, 3.05) is 6.54 Å². The number of carbonyl (C=O) groups excluding carboxylic acids is 1. The van der Waals surface area contributed by atoms with Gasteiger partial charge in [-0.3, -0.25) is 4.90 Å². The summed E-state index contributed by atoms with van der Waals surface area (Å²) in [4.78, 5) is 25.3. The van der Waals surface area contributed by atoms with Gasteiger partial charge in [-0.25, -0.2) is 9.59 Å². The normalized spacial score (nSPS) is 20.9. The Morgan fingerprint density at radius 1 is 1.23 bits per heavy atom. The highest BCUT2D eigenvalue weighted by Gasteiger charge is 2.46. The number of amides is 1. The Hall–Kier alpha value is -1.86. The Morgan fingerprint density at radius 3 is 2.38 bits per heavy atom. The van der Waals surface area contributed by atoms with Crippen LogP contribution < -0.4 is 0 Å². The molecule has 0 aliphatic carbocycles. The Balaban J connectivity index is 2.02. The van der Waals surface area contributed by atoms with Crippen LogP contribution in [0.5, 0.6) is 0 Å². The predicted octanol–water partition coefficient (Wildman–Crippen LogP) is 3.87. The fourth-order valence-electron chi connectivity index (χ4n) is 2.71. The molecule has 0 saturated carbocycles. The molecule has 2 atom stereocenters. The molecular weight excluding hydrogens is 350 g/mol. The molecule has 1 amide bonds. The van der Waals surface area contributed by atoms with Crippen LogP contribution in [0.1, 0.15) is 32.8 Å². The van der Waals surface area contributed by atoms with Crippen LogP contribution in [0, 0.1) is 0 Å². The third kappa shape index (κ3) is 4.85. The SMILES string of the molecule is CC(C)(C)[Si](C)(C)OC1CC(C(=O)O)N(C(=O)OCc2ccccc2)C1. The molecule has 0 radical (unpaired) electrons. The van der Waals surface area contributed by atoms with E-state index in [0.717, 1.165) is 5.56 Å². The van der Waals surface area contributed by atoms with Gasteiger partial charge in [0.2, 0.25) is 0 Å². The van der Waals surface area contributed by atoms with Gasteiger partial charge < -0.3 is 14.3 Å². The fraction of sp³-hybridized carbons (Fsp3) is 0.579. The third-order valence-corrected chi connectivity index (χ3v) is 9.79. The first-order valence-corrected chi connectivity index (χ1v) is 11.8. The number of hydrogen-bond acceptors (Lipinski definition) is 4. The van der Waals surface area contributed by atoms with E-state index < -0.39 is 26.4 Å². The summed E-state index contributed by atoms with van der Waals surface area (Å²) in [6, 6.07) is 8.41. The highest BCUT2D eigenvalue weighted by Crippen LogP contribution is 2.39. The molecule has 0 aromatic heterocycles. The highest BCUT2D eigenvalue weighted by atomic mass is 28.4. The Morgan fingerprint density at radius 2 is 1.85 bits per heavy atom. The summed E-state index contributed by atoms with van der Waals surface area (Å²) in [5, 5.41) is 9.52. The maximum Gasteiger partial charge on any atom is 0.410 e. The maximum absolute atomic E-state index is 12.4. The second-order valence-corrected chi connectivity index (χ2v) is 13.0. The van der Waals surface area contributed by atoms with Crippen molar-refractivity contribution in [1.82, 2.24) is 4.90 Å². The number of hydrogen-bond donors (Lipinski definition) is 1. The van der Waals surface area contributed by atoms with Crippen LogP contribution in [0.3, 0.4) is 0 Å². The van der Waals surface area contributed by atoms with Crippen LogP contribution in [-0.4, -0.2) is 49.1 Å². The van der Waals surface area contributed by atoms with Crippen molar-refractivity contribution < 1.29 is 23.9 Å². The topological polar surface area (TPSA) is 76.1 Å². The number of likely N-dealkylation sites (tertiary alicyclic amines) is 1. The van der Waals surface area contributed by atoms with Crippen molar-refractivity contribution in [2.24, 2.45) is 0 Å². The minimum Gasteiger partial charge on any atom is -0.480 e. The van der Waals surface area contributed by atoms with Gasteiger partial charge in [-0.1, -0.05) is 51.1 Å². The molecule has 1 aliphatic rings. The van der Waals surface area contributed by atoms with E-state index in [1.54, 1.807) is 0 Å². The quantitative estimate of drug-likeness (QED) is 0.786. The lowest BCUT2D eigenvalue weighted by molar-refractivity contribution is -0.141. The molecule has 1 aromatic carbocycles. The monoisotopic (exact) mass is 379 g/mol. The number of carboxylic acids is 1. The summed E-state index contributed by atoms with van der Waals surface area (Å²) in [6.07, 6.45) is -0.591. The molecule has 7 heteroatoms. The summed E-state index contributed by atoms with van der Waals surface area (Å²) in [6.45, 7) is 11.0. The number of carbonyl (C=O) groups is 2. The summed E-state index contributed by atoms with van der Waals surface area (Å²) < 4.78 is 11.6. The number of ether oxygens (including phenoxy) is 1. The van der Waals surface area contributed by atoms with Crippen molar-refractivity contribution in [3.8, 4) is 0 Å².